The molecule has 8 nitrogen and oxygen atoms in total. The Labute approximate surface area is 85.2 Å². The molecule has 0 saturated heterocycles. The van der Waals surface area contributed by atoms with E-state index in [0.717, 1.165) is 11.0 Å². The Hall–Kier alpha value is -1.75. The van der Waals surface area contributed by atoms with E-state index < -0.39 is 30.5 Å². The number of furan rings is 1. The van der Waals surface area contributed by atoms with E-state index in [1.165, 1.54) is 6.07 Å². The molecular formula is C6H4N2O6Se. The first-order valence-electron chi connectivity index (χ1n) is 3.48. The van der Waals surface area contributed by atoms with Gasteiger partial charge in [-0.25, -0.2) is 0 Å². The summed E-state index contributed by atoms with van der Waals surface area (Å²) in [5, 5.41) is 18.3. The van der Waals surface area contributed by atoms with Crippen LogP contribution in [-0.4, -0.2) is 18.0 Å². The molecular weight excluding hydrogens is 275 g/mol. The van der Waals surface area contributed by atoms with Crippen LogP contribution in [0.3, 0.4) is 0 Å². The van der Waals surface area contributed by atoms with Crippen LogP contribution in [0, 0.1) is 20.3 Å². The molecule has 0 N–H and O–H groups in total. The van der Waals surface area contributed by atoms with Crippen molar-refractivity contribution >= 4 is 18.9 Å². The Morgan fingerprint density at radius 2 is 2.27 bits per heavy atom. The van der Waals surface area contributed by atoms with Gasteiger partial charge in [-0.3, -0.25) is 0 Å². The van der Waals surface area contributed by atoms with Crippen molar-refractivity contribution in [3.8, 4) is 4.97 Å². The summed E-state index contributed by atoms with van der Waals surface area (Å²) in [6, 6.07) is 2.26. The van der Waals surface area contributed by atoms with Gasteiger partial charge in [-0.15, -0.1) is 0 Å². The molecule has 9 heteroatoms. The van der Waals surface area contributed by atoms with Crippen LogP contribution in [0.1, 0.15) is 5.76 Å². The van der Waals surface area contributed by atoms with Crippen LogP contribution in [0.15, 0.2) is 16.5 Å². The average Bonchev–Trinajstić information content (AvgIpc) is 2.63. The fourth-order valence-electron chi connectivity index (χ4n) is 0.704. The molecule has 15 heavy (non-hydrogen) atoms. The van der Waals surface area contributed by atoms with E-state index in [2.05, 4.69) is 8.24 Å². The molecule has 0 bridgehead atoms. The molecule has 0 unspecified atom stereocenters. The molecule has 0 radical (unpaired) electrons. The molecule has 1 aromatic heterocycles. The van der Waals surface area contributed by atoms with E-state index in [0.29, 0.717) is 0 Å². The summed E-state index contributed by atoms with van der Waals surface area (Å²) in [5.41, 5.74) is 0. The van der Waals surface area contributed by atoms with E-state index in [1.54, 1.807) is 0 Å². The van der Waals surface area contributed by atoms with Crippen molar-refractivity contribution in [1.82, 2.24) is 0 Å². The van der Waals surface area contributed by atoms with Crippen LogP contribution < -0.4 is 0 Å². The minimum absolute atomic E-state index is 0.0368. The zero-order valence-corrected chi connectivity index (χ0v) is 8.83. The van der Waals surface area contributed by atoms with E-state index in [4.69, 9.17) is 5.26 Å². The monoisotopic (exact) mass is 280 g/mol. The Morgan fingerprint density at radius 3 is 2.73 bits per heavy atom. The summed E-state index contributed by atoms with van der Waals surface area (Å²) >= 11 is -4.97. The molecule has 0 saturated carbocycles. The SMILES string of the molecule is N#C[Se](=O)(=O)OCc1ccc([N+](=O)[O-])o1. The van der Waals surface area contributed by atoms with Crippen molar-refractivity contribution in [3.05, 3.63) is 28.0 Å². The Bertz CT molecular complexity index is 510. The van der Waals surface area contributed by atoms with E-state index >= 15 is 0 Å². The second-order valence-corrected chi connectivity index (χ2v) is 5.09. The summed E-state index contributed by atoms with van der Waals surface area (Å²) in [4.78, 5) is 10.4. The van der Waals surface area contributed by atoms with Gasteiger partial charge in [-0.05, 0) is 0 Å². The molecule has 0 aliphatic carbocycles. The number of nitro groups is 1. The average molecular weight is 279 g/mol. The molecule has 0 spiro atoms. The van der Waals surface area contributed by atoms with Crippen molar-refractivity contribution < 1.29 is 20.8 Å². The van der Waals surface area contributed by atoms with Crippen LogP contribution in [-0.2, 0) is 18.1 Å². The number of hydrogen-bond acceptors (Lipinski definition) is 7. The van der Waals surface area contributed by atoms with E-state index in [-0.39, 0.29) is 5.76 Å². The zero-order valence-electron chi connectivity index (χ0n) is 7.11. The molecule has 1 heterocycles. The van der Waals surface area contributed by atoms with Crippen molar-refractivity contribution in [2.24, 2.45) is 0 Å². The van der Waals surface area contributed by atoms with Gasteiger partial charge in [0.25, 0.3) is 0 Å². The van der Waals surface area contributed by atoms with Crippen LogP contribution in [0.25, 0.3) is 0 Å². The van der Waals surface area contributed by atoms with Gasteiger partial charge in [0.1, 0.15) is 0 Å². The first kappa shape index (κ1) is 11.3. The summed E-state index contributed by atoms with van der Waals surface area (Å²) in [6.07, 6.45) is 0. The number of hydrogen-bond donors (Lipinski definition) is 0. The number of nitriles is 1. The number of rotatable bonds is 4. The molecule has 0 aliphatic rings. The summed E-state index contributed by atoms with van der Waals surface area (Å²) in [7, 11) is 0. The van der Waals surface area contributed by atoms with Gasteiger partial charge in [-0.1, -0.05) is 0 Å². The first-order valence-corrected chi connectivity index (χ1v) is 6.43. The maximum absolute atomic E-state index is 10.6. The Morgan fingerprint density at radius 1 is 1.60 bits per heavy atom. The van der Waals surface area contributed by atoms with Gasteiger partial charge in [0.05, 0.1) is 0 Å². The number of nitrogens with zero attached hydrogens (tertiary/aromatic N) is 2. The second-order valence-electron chi connectivity index (χ2n) is 2.30. The van der Waals surface area contributed by atoms with Crippen molar-refractivity contribution in [2.75, 3.05) is 0 Å². The Balaban J connectivity index is 2.68. The van der Waals surface area contributed by atoms with Crippen LogP contribution >= 0.6 is 0 Å². The van der Waals surface area contributed by atoms with Gasteiger partial charge in [0, 0.05) is 0 Å². The van der Waals surface area contributed by atoms with Crippen molar-refractivity contribution in [2.45, 2.75) is 6.61 Å². The molecule has 0 atom stereocenters. The zero-order chi connectivity index (χ0) is 11.5. The third-order valence-corrected chi connectivity index (χ3v) is 2.66. The van der Waals surface area contributed by atoms with Gasteiger partial charge < -0.3 is 0 Å². The predicted molar refractivity (Wildman–Crippen MR) is 42.9 cm³/mol. The molecule has 1 aromatic rings. The topological polar surface area (TPSA) is 123 Å². The third kappa shape index (κ3) is 3.14. The fourth-order valence-corrected chi connectivity index (χ4v) is 1.38. The molecule has 0 amide bonds. The summed E-state index contributed by atoms with van der Waals surface area (Å²) in [5.74, 6) is -0.554. The first-order chi connectivity index (χ1) is 6.94. The fraction of sp³-hybridized carbons (Fsp3) is 0.167. The molecule has 1 rings (SSSR count). The second kappa shape index (κ2) is 4.18. The van der Waals surface area contributed by atoms with Gasteiger partial charge in [0.15, 0.2) is 0 Å². The quantitative estimate of drug-likeness (QED) is 0.448. The standard InChI is InChI=1S/C6H4N2O6Se/c7-4-15(11,12)13-3-5-1-2-6(14-5)8(9)10/h1-2H,3H2. The molecule has 0 aromatic carbocycles. The normalized spacial score (nSPS) is 10.9. The Kier molecular flexibility index (Phi) is 3.16. The molecule has 0 aliphatic heterocycles. The third-order valence-electron chi connectivity index (χ3n) is 1.30. The van der Waals surface area contributed by atoms with E-state index in [1.807, 2.05) is 0 Å². The summed E-state index contributed by atoms with van der Waals surface area (Å²) < 4.78 is 30.1. The van der Waals surface area contributed by atoms with Gasteiger partial charge in [0.2, 0.25) is 0 Å². The van der Waals surface area contributed by atoms with Crippen LogP contribution in [0.2, 0.25) is 0 Å². The van der Waals surface area contributed by atoms with Crippen molar-refractivity contribution in [3.63, 3.8) is 0 Å². The van der Waals surface area contributed by atoms with Crippen molar-refractivity contribution in [1.29, 1.82) is 5.26 Å². The van der Waals surface area contributed by atoms with Crippen LogP contribution in [0.4, 0.5) is 5.88 Å². The molecule has 80 valence electrons. The van der Waals surface area contributed by atoms with Crippen LogP contribution in [0.5, 0.6) is 0 Å². The maximum atomic E-state index is 10.6. The van der Waals surface area contributed by atoms with E-state index in [9.17, 15) is 17.8 Å². The molecule has 0 fully saturated rings. The minimum atomic E-state index is -4.97. The summed E-state index contributed by atoms with van der Waals surface area (Å²) in [6.45, 7) is -0.519. The van der Waals surface area contributed by atoms with Gasteiger partial charge >= 0.3 is 84.6 Å². The van der Waals surface area contributed by atoms with Gasteiger partial charge in [-0.2, -0.15) is 0 Å². The predicted octanol–water partition coefficient (Wildman–Crippen LogP) is 0.567.